The number of hydrogen-bond acceptors (Lipinski definition) is 3. The fraction of sp³-hybridized carbons (Fsp3) is 0.174. The second-order valence-corrected chi connectivity index (χ2v) is 12.0. The van der Waals surface area contributed by atoms with Gasteiger partial charge in [0.05, 0.1) is 34.2 Å². The van der Waals surface area contributed by atoms with Gasteiger partial charge in [-0.25, -0.2) is 4.98 Å². The van der Waals surface area contributed by atoms with E-state index in [-0.39, 0.29) is 0 Å². The molecule has 0 atom stereocenters. The van der Waals surface area contributed by atoms with E-state index < -0.39 is 0 Å². The zero-order chi connectivity index (χ0) is 21.2. The minimum absolute atomic E-state index is 0.866. The van der Waals surface area contributed by atoms with E-state index in [0.29, 0.717) is 0 Å². The SMILES string of the molecule is CC(=Nc1ccccc1C)c1cccc(C(C)=Nc2ccccc2C)n1.[Br][Fe][Br]. The number of aryl methyl sites for hydroxylation is 2. The van der Waals surface area contributed by atoms with E-state index in [1.54, 1.807) is 0 Å². The molecule has 0 aliphatic heterocycles. The summed E-state index contributed by atoms with van der Waals surface area (Å²) in [5.74, 6) is 0. The molecule has 0 bridgehead atoms. The molecule has 3 rings (SSSR count). The van der Waals surface area contributed by atoms with E-state index in [9.17, 15) is 0 Å². The third kappa shape index (κ3) is 7.31. The van der Waals surface area contributed by atoms with Crippen LogP contribution in [0.3, 0.4) is 0 Å². The zero-order valence-corrected chi connectivity index (χ0v) is 21.1. The summed E-state index contributed by atoms with van der Waals surface area (Å²) in [4.78, 5) is 14.2. The first kappa shape index (κ1) is 23.7. The van der Waals surface area contributed by atoms with Crippen molar-refractivity contribution in [3.8, 4) is 0 Å². The van der Waals surface area contributed by atoms with E-state index in [0.717, 1.165) is 56.7 Å². The van der Waals surface area contributed by atoms with Gasteiger partial charge in [-0.2, -0.15) is 0 Å². The molecule has 152 valence electrons. The summed E-state index contributed by atoms with van der Waals surface area (Å²) in [7, 11) is 0. The van der Waals surface area contributed by atoms with E-state index >= 15 is 0 Å². The fourth-order valence-electron chi connectivity index (χ4n) is 2.69. The van der Waals surface area contributed by atoms with Crippen LogP contribution in [0.25, 0.3) is 0 Å². The zero-order valence-electron chi connectivity index (χ0n) is 16.8. The van der Waals surface area contributed by atoms with Crippen molar-refractivity contribution in [3.05, 3.63) is 89.2 Å². The maximum absolute atomic E-state index is 4.76. The molecular formula is C23H23Br2FeN3. The monoisotopic (exact) mass is 555 g/mol. The Hall–Kier alpha value is -1.59. The summed E-state index contributed by atoms with van der Waals surface area (Å²) < 4.78 is 0. The van der Waals surface area contributed by atoms with Crippen LogP contribution < -0.4 is 0 Å². The van der Waals surface area contributed by atoms with Crippen LogP contribution in [0.2, 0.25) is 0 Å². The second-order valence-electron chi connectivity index (χ2n) is 6.43. The second kappa shape index (κ2) is 12.2. The quantitative estimate of drug-likeness (QED) is 0.240. The van der Waals surface area contributed by atoms with Crippen molar-refractivity contribution in [2.45, 2.75) is 27.7 Å². The van der Waals surface area contributed by atoms with Gasteiger partial charge < -0.3 is 0 Å². The van der Waals surface area contributed by atoms with Crippen molar-refractivity contribution in [3.63, 3.8) is 0 Å². The van der Waals surface area contributed by atoms with E-state index in [1.165, 1.54) is 0 Å². The van der Waals surface area contributed by atoms with Crippen molar-refractivity contribution in [1.29, 1.82) is 0 Å². The summed E-state index contributed by atoms with van der Waals surface area (Å²) >= 11 is 7.00. The number of aliphatic imine (C=N–C) groups is 2. The Morgan fingerprint density at radius 1 is 0.690 bits per heavy atom. The van der Waals surface area contributed by atoms with Gasteiger partial charge in [-0.1, -0.05) is 42.5 Å². The summed E-state index contributed by atoms with van der Waals surface area (Å²) in [6, 6.07) is 22.2. The molecule has 0 spiro atoms. The molecule has 0 unspecified atom stereocenters. The molecule has 0 radical (unpaired) electrons. The molecule has 3 nitrogen and oxygen atoms in total. The standard InChI is InChI=1S/C23H23N3.2BrH.Fe/c1-16-10-5-7-12-20(16)24-18(3)22-14-9-15-23(26-22)19(4)25-21-13-8-6-11-17(21)2;;;/h5-15H,1-4H3;2*1H;/q;;;+2/p-2. The molecule has 0 fully saturated rings. The van der Waals surface area contributed by atoms with Crippen LogP contribution >= 0.6 is 28.2 Å². The van der Waals surface area contributed by atoms with Gasteiger partial charge in [-0.3, -0.25) is 9.98 Å². The third-order valence-corrected chi connectivity index (χ3v) is 4.30. The molecule has 0 saturated heterocycles. The Balaban J connectivity index is 0.000000941. The Morgan fingerprint density at radius 3 is 1.45 bits per heavy atom. The van der Waals surface area contributed by atoms with Crippen molar-refractivity contribution in [1.82, 2.24) is 4.98 Å². The van der Waals surface area contributed by atoms with Gasteiger partial charge in [0.25, 0.3) is 0 Å². The van der Waals surface area contributed by atoms with Gasteiger partial charge in [0, 0.05) is 0 Å². The number of rotatable bonds is 4. The van der Waals surface area contributed by atoms with Crippen LogP contribution in [0.5, 0.6) is 0 Å². The van der Waals surface area contributed by atoms with Crippen molar-refractivity contribution in [2.24, 2.45) is 9.98 Å². The first-order valence-corrected chi connectivity index (χ1v) is 14.5. The van der Waals surface area contributed by atoms with E-state index in [4.69, 9.17) is 15.0 Å². The number of hydrogen-bond donors (Lipinski definition) is 0. The molecule has 0 aliphatic rings. The summed E-state index contributed by atoms with van der Waals surface area (Å²) in [5, 5.41) is 0. The molecular weight excluding hydrogens is 534 g/mol. The van der Waals surface area contributed by atoms with Gasteiger partial charge in [0.1, 0.15) is 0 Å². The average molecular weight is 557 g/mol. The van der Waals surface area contributed by atoms with Gasteiger partial charge in [0.2, 0.25) is 0 Å². The Bertz CT molecular complexity index is 940. The van der Waals surface area contributed by atoms with E-state index in [2.05, 4.69) is 54.2 Å². The Labute approximate surface area is 193 Å². The summed E-state index contributed by atoms with van der Waals surface area (Å²) in [6.45, 7) is 8.11. The molecule has 0 saturated carbocycles. The van der Waals surface area contributed by atoms with Crippen LogP contribution in [0, 0.1) is 13.8 Å². The number of halogens is 2. The first-order chi connectivity index (χ1) is 14.0. The van der Waals surface area contributed by atoms with Crippen molar-refractivity contribution >= 4 is 51.0 Å². The molecule has 3 aromatic rings. The molecule has 0 aliphatic carbocycles. The number of nitrogens with zero attached hydrogens (tertiary/aromatic N) is 3. The third-order valence-electron chi connectivity index (χ3n) is 4.30. The topological polar surface area (TPSA) is 37.6 Å². The molecule has 0 amide bonds. The number of benzene rings is 2. The van der Waals surface area contributed by atoms with Crippen LogP contribution in [0.15, 0.2) is 76.7 Å². The van der Waals surface area contributed by atoms with Crippen LogP contribution in [-0.2, 0) is 11.3 Å². The number of para-hydroxylation sites is 2. The summed E-state index contributed by atoms with van der Waals surface area (Å²) in [6.07, 6.45) is 0. The minimum atomic E-state index is 0.866. The molecule has 0 N–H and O–H groups in total. The van der Waals surface area contributed by atoms with Gasteiger partial charge in [0.15, 0.2) is 0 Å². The number of aromatic nitrogens is 1. The first-order valence-electron chi connectivity index (χ1n) is 9.01. The maximum atomic E-state index is 4.76. The normalized spacial score (nSPS) is 11.8. The molecule has 29 heavy (non-hydrogen) atoms. The van der Waals surface area contributed by atoms with Gasteiger partial charge >= 0.3 is 39.6 Å². The molecule has 1 aromatic heterocycles. The number of pyridine rings is 1. The van der Waals surface area contributed by atoms with E-state index in [1.807, 2.05) is 68.4 Å². The van der Waals surface area contributed by atoms with Crippen molar-refractivity contribution in [2.75, 3.05) is 0 Å². The predicted octanol–water partition coefficient (Wildman–Crippen LogP) is 7.67. The van der Waals surface area contributed by atoms with Crippen LogP contribution in [0.1, 0.15) is 36.4 Å². The van der Waals surface area contributed by atoms with Crippen LogP contribution in [-0.4, -0.2) is 16.4 Å². The fourth-order valence-corrected chi connectivity index (χ4v) is 2.69. The predicted molar refractivity (Wildman–Crippen MR) is 128 cm³/mol. The van der Waals surface area contributed by atoms with Crippen molar-refractivity contribution < 1.29 is 11.3 Å². The van der Waals surface area contributed by atoms with Gasteiger partial charge in [-0.05, 0) is 63.1 Å². The molecule has 6 heteroatoms. The molecule has 1 heterocycles. The van der Waals surface area contributed by atoms with Gasteiger partial charge in [-0.15, -0.1) is 0 Å². The van der Waals surface area contributed by atoms with Crippen LogP contribution in [0.4, 0.5) is 11.4 Å². The average Bonchev–Trinajstić information content (AvgIpc) is 2.72. The molecule has 2 aromatic carbocycles. The summed E-state index contributed by atoms with van der Waals surface area (Å²) in [5.41, 5.74) is 7.77. The Morgan fingerprint density at radius 2 is 1.07 bits per heavy atom. The Kier molecular flexibility index (Phi) is 9.95.